The van der Waals surface area contributed by atoms with E-state index in [9.17, 15) is 4.39 Å². The van der Waals surface area contributed by atoms with E-state index >= 15 is 0 Å². The van der Waals surface area contributed by atoms with Crippen molar-refractivity contribution < 1.29 is 13.9 Å². The third kappa shape index (κ3) is 5.28. The van der Waals surface area contributed by atoms with E-state index < -0.39 is 0 Å². The van der Waals surface area contributed by atoms with Gasteiger partial charge in [0.05, 0.1) is 12.8 Å². The molecule has 140 valence electrons. The number of hydrogen-bond donors (Lipinski definition) is 1. The predicted molar refractivity (Wildman–Crippen MR) is 103 cm³/mol. The van der Waals surface area contributed by atoms with Crippen LogP contribution in [0.2, 0.25) is 0 Å². The summed E-state index contributed by atoms with van der Waals surface area (Å²) in [6.45, 7) is 3.08. The summed E-state index contributed by atoms with van der Waals surface area (Å²) in [5.41, 5.74) is 2.85. The zero-order valence-electron chi connectivity index (χ0n) is 15.5. The molecule has 1 atom stereocenters. The zero-order valence-corrected chi connectivity index (χ0v) is 15.5. The van der Waals surface area contributed by atoms with Gasteiger partial charge in [0, 0.05) is 18.8 Å². The van der Waals surface area contributed by atoms with Gasteiger partial charge in [0.2, 0.25) is 0 Å². The second-order valence-corrected chi connectivity index (χ2v) is 6.25. The lowest BCUT2D eigenvalue weighted by molar-refractivity contribution is 0.301. The maximum Gasteiger partial charge on any atom is 0.165 e. The molecule has 27 heavy (non-hydrogen) atoms. The van der Waals surface area contributed by atoms with Gasteiger partial charge < -0.3 is 14.8 Å². The summed E-state index contributed by atoms with van der Waals surface area (Å²) < 4.78 is 24.7. The number of nitrogens with one attached hydrogen (secondary N) is 1. The molecule has 0 bridgehead atoms. The van der Waals surface area contributed by atoms with Crippen LogP contribution in [0.4, 0.5) is 4.39 Å². The van der Waals surface area contributed by atoms with E-state index in [0.29, 0.717) is 13.2 Å². The molecule has 1 aromatic heterocycles. The van der Waals surface area contributed by atoms with Crippen LogP contribution in [0.25, 0.3) is 0 Å². The Morgan fingerprint density at radius 2 is 1.96 bits per heavy atom. The van der Waals surface area contributed by atoms with E-state index in [0.717, 1.165) is 22.6 Å². The Morgan fingerprint density at radius 3 is 2.70 bits per heavy atom. The van der Waals surface area contributed by atoms with Gasteiger partial charge in [-0.3, -0.25) is 4.98 Å². The van der Waals surface area contributed by atoms with Crippen molar-refractivity contribution in [2.45, 2.75) is 26.1 Å². The molecule has 3 rings (SSSR count). The Balaban J connectivity index is 1.57. The van der Waals surface area contributed by atoms with Crippen molar-refractivity contribution in [2.24, 2.45) is 0 Å². The lowest BCUT2D eigenvalue weighted by atomic mass is 10.1. The average Bonchev–Trinajstić information content (AvgIpc) is 2.71. The minimum Gasteiger partial charge on any atom is -0.494 e. The van der Waals surface area contributed by atoms with Crippen LogP contribution in [0.15, 0.2) is 66.9 Å². The van der Waals surface area contributed by atoms with Crippen LogP contribution in [0.1, 0.15) is 29.8 Å². The van der Waals surface area contributed by atoms with Crippen LogP contribution in [0, 0.1) is 5.82 Å². The molecule has 0 saturated heterocycles. The monoisotopic (exact) mass is 366 g/mol. The molecule has 0 aliphatic heterocycles. The van der Waals surface area contributed by atoms with Crippen molar-refractivity contribution in [1.29, 1.82) is 0 Å². The van der Waals surface area contributed by atoms with Gasteiger partial charge in [-0.2, -0.15) is 0 Å². The normalized spacial score (nSPS) is 11.8. The number of aromatic nitrogens is 1. The second kappa shape index (κ2) is 9.14. The van der Waals surface area contributed by atoms with Crippen LogP contribution >= 0.6 is 0 Å². The fraction of sp³-hybridized carbons (Fsp3) is 0.227. The summed E-state index contributed by atoms with van der Waals surface area (Å²) in [4.78, 5) is 4.25. The largest absolute Gasteiger partial charge is 0.494 e. The van der Waals surface area contributed by atoms with Gasteiger partial charge in [-0.05, 0) is 54.4 Å². The van der Waals surface area contributed by atoms with E-state index in [1.165, 1.54) is 13.2 Å². The molecule has 0 aliphatic carbocycles. The quantitative estimate of drug-likeness (QED) is 0.630. The number of nitrogens with zero attached hydrogens (tertiary/aromatic N) is 1. The van der Waals surface area contributed by atoms with Crippen LogP contribution in [0.5, 0.6) is 11.5 Å². The van der Waals surface area contributed by atoms with Crippen molar-refractivity contribution in [3.8, 4) is 11.5 Å². The number of halogens is 1. The summed E-state index contributed by atoms with van der Waals surface area (Å²) in [5.74, 6) is 0.695. The summed E-state index contributed by atoms with van der Waals surface area (Å²) in [7, 11) is 1.46. The molecule has 0 fully saturated rings. The van der Waals surface area contributed by atoms with E-state index in [4.69, 9.17) is 9.47 Å². The Labute approximate surface area is 159 Å². The van der Waals surface area contributed by atoms with Crippen molar-refractivity contribution in [1.82, 2.24) is 10.3 Å². The number of hydrogen-bond acceptors (Lipinski definition) is 4. The van der Waals surface area contributed by atoms with Gasteiger partial charge in [-0.25, -0.2) is 4.39 Å². The molecule has 0 amide bonds. The minimum absolute atomic E-state index is 0.00324. The van der Waals surface area contributed by atoms with Crippen LogP contribution in [0.3, 0.4) is 0 Å². The first-order valence-corrected chi connectivity index (χ1v) is 8.84. The summed E-state index contributed by atoms with van der Waals surface area (Å²) >= 11 is 0. The predicted octanol–water partition coefficient (Wildman–Crippen LogP) is 4.66. The molecule has 3 aromatic rings. The third-order valence-electron chi connectivity index (χ3n) is 4.30. The Kier molecular flexibility index (Phi) is 6.39. The third-order valence-corrected chi connectivity index (χ3v) is 4.30. The molecular formula is C22H23FN2O2. The molecular weight excluding hydrogens is 343 g/mol. The van der Waals surface area contributed by atoms with E-state index in [-0.39, 0.29) is 17.6 Å². The van der Waals surface area contributed by atoms with E-state index in [2.05, 4.69) is 10.3 Å². The molecule has 5 heteroatoms. The molecule has 0 saturated carbocycles. The van der Waals surface area contributed by atoms with Crippen molar-refractivity contribution >= 4 is 0 Å². The van der Waals surface area contributed by atoms with Crippen LogP contribution < -0.4 is 14.8 Å². The zero-order chi connectivity index (χ0) is 19.1. The highest BCUT2D eigenvalue weighted by molar-refractivity contribution is 5.31. The highest BCUT2D eigenvalue weighted by atomic mass is 19.1. The lowest BCUT2D eigenvalue weighted by Crippen LogP contribution is -2.18. The average molecular weight is 366 g/mol. The fourth-order valence-corrected chi connectivity index (χ4v) is 2.73. The Morgan fingerprint density at radius 1 is 1.07 bits per heavy atom. The van der Waals surface area contributed by atoms with Gasteiger partial charge in [0.25, 0.3) is 0 Å². The molecule has 1 N–H and O–H groups in total. The number of pyridine rings is 1. The number of rotatable bonds is 8. The maximum atomic E-state index is 13.9. The number of ether oxygens (including phenoxy) is 2. The Bertz CT molecular complexity index is 871. The summed E-state index contributed by atoms with van der Waals surface area (Å²) in [6.07, 6.45) is 1.75. The fourth-order valence-electron chi connectivity index (χ4n) is 2.73. The van der Waals surface area contributed by atoms with Gasteiger partial charge in [0.15, 0.2) is 11.6 Å². The van der Waals surface area contributed by atoms with Crippen molar-refractivity contribution in [2.75, 3.05) is 7.11 Å². The first-order chi connectivity index (χ1) is 13.2. The SMILES string of the molecule is COc1ccc(C(C)NCc2cccc(OCc3ccccn3)c2)cc1F. The van der Waals surface area contributed by atoms with Gasteiger partial charge in [0.1, 0.15) is 12.4 Å². The highest BCUT2D eigenvalue weighted by Crippen LogP contribution is 2.22. The number of benzene rings is 2. The summed E-state index contributed by atoms with van der Waals surface area (Å²) in [5, 5.41) is 3.41. The molecule has 1 unspecified atom stereocenters. The molecule has 0 spiro atoms. The Hall–Kier alpha value is -2.92. The maximum absolute atomic E-state index is 13.9. The molecule has 2 aromatic carbocycles. The van der Waals surface area contributed by atoms with Gasteiger partial charge in [-0.15, -0.1) is 0 Å². The van der Waals surface area contributed by atoms with E-state index in [1.807, 2.05) is 55.5 Å². The first kappa shape index (κ1) is 18.9. The van der Waals surface area contributed by atoms with Crippen LogP contribution in [-0.4, -0.2) is 12.1 Å². The topological polar surface area (TPSA) is 43.4 Å². The second-order valence-electron chi connectivity index (χ2n) is 6.25. The first-order valence-electron chi connectivity index (χ1n) is 8.84. The molecule has 1 heterocycles. The van der Waals surface area contributed by atoms with Crippen molar-refractivity contribution in [3.63, 3.8) is 0 Å². The lowest BCUT2D eigenvalue weighted by Gasteiger charge is -2.16. The molecule has 0 radical (unpaired) electrons. The smallest absolute Gasteiger partial charge is 0.165 e. The van der Waals surface area contributed by atoms with Crippen molar-refractivity contribution in [3.05, 3.63) is 89.5 Å². The van der Waals surface area contributed by atoms with Crippen LogP contribution in [-0.2, 0) is 13.2 Å². The van der Waals surface area contributed by atoms with Gasteiger partial charge >= 0.3 is 0 Å². The summed E-state index contributed by atoms with van der Waals surface area (Å²) in [6, 6.07) is 18.7. The minimum atomic E-state index is -0.353. The number of methoxy groups -OCH3 is 1. The molecule has 0 aliphatic rings. The van der Waals surface area contributed by atoms with Gasteiger partial charge in [-0.1, -0.05) is 24.3 Å². The highest BCUT2D eigenvalue weighted by Gasteiger charge is 2.09. The van der Waals surface area contributed by atoms with E-state index in [1.54, 1.807) is 12.3 Å². The standard InChI is InChI=1S/C22H23FN2O2/c1-16(18-9-10-22(26-2)21(23)13-18)25-14-17-6-5-8-20(12-17)27-15-19-7-3-4-11-24-19/h3-13,16,25H,14-15H2,1-2H3. The molecule has 4 nitrogen and oxygen atoms in total.